The summed E-state index contributed by atoms with van der Waals surface area (Å²) in [6.07, 6.45) is 3.30. The first-order valence-corrected chi connectivity index (χ1v) is 10.4. The van der Waals surface area contributed by atoms with Crippen molar-refractivity contribution in [1.82, 2.24) is 14.7 Å². The normalized spacial score (nSPS) is 16.7. The fraction of sp³-hybridized carbons (Fsp3) is 0.474. The smallest absolute Gasteiger partial charge is 0.240 e. The van der Waals surface area contributed by atoms with Crippen molar-refractivity contribution < 1.29 is 8.42 Å². The minimum absolute atomic E-state index is 0.0552. The fourth-order valence-corrected chi connectivity index (χ4v) is 4.33. The molecule has 1 N–H and O–H groups in total. The summed E-state index contributed by atoms with van der Waals surface area (Å²) in [7, 11) is -3.46. The summed E-state index contributed by atoms with van der Waals surface area (Å²) in [6.45, 7) is 7.81. The van der Waals surface area contributed by atoms with Crippen LogP contribution in [0, 0.1) is 0 Å². The van der Waals surface area contributed by atoms with Gasteiger partial charge >= 0.3 is 0 Å². The number of nitrogens with zero attached hydrogens (tertiary/aromatic N) is 3. The molecule has 0 saturated carbocycles. The summed E-state index contributed by atoms with van der Waals surface area (Å²) in [5.74, 6) is 1.73. The maximum atomic E-state index is 12.5. The highest BCUT2D eigenvalue weighted by Gasteiger charge is 2.26. The molecule has 26 heavy (non-hydrogen) atoms. The van der Waals surface area contributed by atoms with Gasteiger partial charge in [-0.1, -0.05) is 39.0 Å². The first-order valence-electron chi connectivity index (χ1n) is 8.91. The number of sulfonamides is 1. The second kappa shape index (κ2) is 7.32. The minimum atomic E-state index is -3.46. The lowest BCUT2D eigenvalue weighted by Gasteiger charge is -2.33. The number of rotatable bonds is 4. The molecular weight excluding hydrogens is 348 g/mol. The van der Waals surface area contributed by atoms with Gasteiger partial charge in [-0.3, -0.25) is 0 Å². The van der Waals surface area contributed by atoms with Gasteiger partial charge in [-0.2, -0.15) is 0 Å². The van der Waals surface area contributed by atoms with E-state index in [4.69, 9.17) is 4.98 Å². The van der Waals surface area contributed by atoms with E-state index in [-0.39, 0.29) is 11.5 Å². The van der Waals surface area contributed by atoms with E-state index in [1.54, 1.807) is 30.5 Å². The number of piperidine rings is 1. The van der Waals surface area contributed by atoms with Gasteiger partial charge in [0, 0.05) is 30.7 Å². The van der Waals surface area contributed by atoms with Crippen molar-refractivity contribution in [2.45, 2.75) is 50.0 Å². The van der Waals surface area contributed by atoms with Crippen molar-refractivity contribution in [3.8, 4) is 0 Å². The summed E-state index contributed by atoms with van der Waals surface area (Å²) in [5, 5.41) is 0. The largest absolute Gasteiger partial charge is 0.356 e. The van der Waals surface area contributed by atoms with Crippen LogP contribution >= 0.6 is 0 Å². The van der Waals surface area contributed by atoms with Crippen LogP contribution in [0.4, 0.5) is 5.82 Å². The van der Waals surface area contributed by atoms with E-state index in [1.165, 1.54) is 0 Å². The molecule has 140 valence electrons. The minimum Gasteiger partial charge on any atom is -0.356 e. The Morgan fingerprint density at radius 3 is 2.35 bits per heavy atom. The Hall–Kier alpha value is -1.99. The molecule has 0 radical (unpaired) electrons. The van der Waals surface area contributed by atoms with Crippen LogP contribution in [0.2, 0.25) is 0 Å². The molecule has 1 aromatic heterocycles. The van der Waals surface area contributed by atoms with Gasteiger partial charge in [-0.15, -0.1) is 0 Å². The van der Waals surface area contributed by atoms with Crippen molar-refractivity contribution in [2.75, 3.05) is 18.0 Å². The Bertz CT molecular complexity index is 839. The van der Waals surface area contributed by atoms with E-state index in [0.717, 1.165) is 37.6 Å². The first kappa shape index (κ1) is 18.8. The summed E-state index contributed by atoms with van der Waals surface area (Å²) < 4.78 is 27.8. The van der Waals surface area contributed by atoms with Gasteiger partial charge < -0.3 is 4.90 Å². The molecule has 6 nitrogen and oxygen atoms in total. The average molecular weight is 375 g/mol. The third-order valence-corrected chi connectivity index (χ3v) is 6.04. The highest BCUT2D eigenvalue weighted by molar-refractivity contribution is 7.89. The Morgan fingerprint density at radius 1 is 1.08 bits per heavy atom. The van der Waals surface area contributed by atoms with Gasteiger partial charge in [0.1, 0.15) is 11.6 Å². The zero-order valence-electron chi connectivity index (χ0n) is 15.5. The third-order valence-electron chi connectivity index (χ3n) is 4.51. The Balaban J connectivity index is 1.63. The van der Waals surface area contributed by atoms with E-state index in [0.29, 0.717) is 4.90 Å². The number of hydrogen-bond donors (Lipinski definition) is 1. The number of anilines is 1. The zero-order valence-corrected chi connectivity index (χ0v) is 16.3. The van der Waals surface area contributed by atoms with Crippen LogP contribution in [0.5, 0.6) is 0 Å². The monoisotopic (exact) mass is 374 g/mol. The molecular formula is C19H26N4O2S. The second-order valence-electron chi connectivity index (χ2n) is 7.68. The molecule has 3 rings (SSSR count). The Labute approximate surface area is 155 Å². The van der Waals surface area contributed by atoms with Crippen LogP contribution in [0.3, 0.4) is 0 Å². The van der Waals surface area contributed by atoms with Gasteiger partial charge in [0.25, 0.3) is 0 Å². The van der Waals surface area contributed by atoms with E-state index in [9.17, 15) is 8.42 Å². The molecule has 0 atom stereocenters. The predicted molar refractivity (Wildman–Crippen MR) is 103 cm³/mol. The quantitative estimate of drug-likeness (QED) is 0.891. The first-order chi connectivity index (χ1) is 12.3. The molecule has 1 aromatic carbocycles. The van der Waals surface area contributed by atoms with E-state index in [1.807, 2.05) is 12.1 Å². The number of benzene rings is 1. The van der Waals surface area contributed by atoms with Crippen molar-refractivity contribution in [2.24, 2.45) is 0 Å². The van der Waals surface area contributed by atoms with Crippen LogP contribution in [-0.2, 0) is 15.4 Å². The van der Waals surface area contributed by atoms with Crippen LogP contribution in [0.25, 0.3) is 0 Å². The van der Waals surface area contributed by atoms with Gasteiger partial charge in [0.2, 0.25) is 10.0 Å². The van der Waals surface area contributed by atoms with E-state index < -0.39 is 10.0 Å². The summed E-state index contributed by atoms with van der Waals surface area (Å²) in [4.78, 5) is 11.6. The standard InChI is InChI=1S/C19H26N4O2S/c1-19(2,3)18-20-12-9-17(21-18)23-13-10-15(11-14-23)22-26(24,25)16-7-5-4-6-8-16/h4-9,12,15,22H,10-11,13-14H2,1-3H3. The van der Waals surface area contributed by atoms with Crippen LogP contribution < -0.4 is 9.62 Å². The van der Waals surface area contributed by atoms with E-state index >= 15 is 0 Å². The molecule has 0 unspecified atom stereocenters. The maximum absolute atomic E-state index is 12.5. The topological polar surface area (TPSA) is 75.2 Å². The second-order valence-corrected chi connectivity index (χ2v) is 9.40. The molecule has 1 aliphatic heterocycles. The van der Waals surface area contributed by atoms with Gasteiger partial charge in [-0.05, 0) is 31.0 Å². The Kier molecular flexibility index (Phi) is 5.29. The molecule has 0 bridgehead atoms. The van der Waals surface area contributed by atoms with Gasteiger partial charge in [0.05, 0.1) is 4.90 Å². The number of hydrogen-bond acceptors (Lipinski definition) is 5. The maximum Gasteiger partial charge on any atom is 0.240 e. The molecule has 7 heteroatoms. The highest BCUT2D eigenvalue weighted by atomic mass is 32.2. The van der Waals surface area contributed by atoms with Crippen LogP contribution in [0.15, 0.2) is 47.5 Å². The molecule has 1 aliphatic rings. The van der Waals surface area contributed by atoms with Crippen molar-refractivity contribution >= 4 is 15.8 Å². The molecule has 2 heterocycles. The fourth-order valence-electron chi connectivity index (χ4n) is 3.00. The molecule has 1 fully saturated rings. The highest BCUT2D eigenvalue weighted by Crippen LogP contribution is 2.23. The summed E-state index contributed by atoms with van der Waals surface area (Å²) in [5.41, 5.74) is -0.0976. The lowest BCUT2D eigenvalue weighted by atomic mass is 9.96. The predicted octanol–water partition coefficient (Wildman–Crippen LogP) is 2.72. The number of nitrogens with one attached hydrogen (secondary N) is 1. The Morgan fingerprint density at radius 2 is 1.73 bits per heavy atom. The number of aromatic nitrogens is 2. The SMILES string of the molecule is CC(C)(C)c1nccc(N2CCC(NS(=O)(=O)c3ccccc3)CC2)n1. The molecule has 0 amide bonds. The summed E-state index contributed by atoms with van der Waals surface area (Å²) in [6, 6.07) is 10.4. The average Bonchev–Trinajstić information content (AvgIpc) is 2.62. The van der Waals surface area contributed by atoms with Gasteiger partial charge in [0.15, 0.2) is 0 Å². The lowest BCUT2D eigenvalue weighted by Crippen LogP contribution is -2.45. The molecule has 1 saturated heterocycles. The third kappa shape index (κ3) is 4.40. The van der Waals surface area contributed by atoms with E-state index in [2.05, 4.69) is 35.4 Å². The zero-order chi connectivity index (χ0) is 18.8. The van der Waals surface area contributed by atoms with Crippen LogP contribution in [0.1, 0.15) is 39.4 Å². The molecule has 0 aliphatic carbocycles. The van der Waals surface area contributed by atoms with Gasteiger partial charge in [-0.25, -0.2) is 23.1 Å². The molecule has 0 spiro atoms. The van der Waals surface area contributed by atoms with Crippen LogP contribution in [-0.4, -0.2) is 37.5 Å². The van der Waals surface area contributed by atoms with Crippen molar-refractivity contribution in [3.05, 3.63) is 48.4 Å². The summed E-state index contributed by atoms with van der Waals surface area (Å²) >= 11 is 0. The lowest BCUT2D eigenvalue weighted by molar-refractivity contribution is 0.456. The van der Waals surface area contributed by atoms with Crippen molar-refractivity contribution in [3.63, 3.8) is 0 Å². The van der Waals surface area contributed by atoms with Crippen molar-refractivity contribution in [1.29, 1.82) is 0 Å². The molecule has 2 aromatic rings.